The summed E-state index contributed by atoms with van der Waals surface area (Å²) in [5.74, 6) is 0.138. The molecule has 0 aliphatic rings. The van der Waals surface area contributed by atoms with E-state index in [1.807, 2.05) is 13.8 Å². The first kappa shape index (κ1) is 15.6. The number of thiazole rings is 1. The molecule has 1 unspecified atom stereocenters. The topological polar surface area (TPSA) is 42.4 Å². The van der Waals surface area contributed by atoms with Crippen molar-refractivity contribution >= 4 is 11.3 Å². The molecule has 1 aromatic rings. The van der Waals surface area contributed by atoms with Crippen LogP contribution in [0, 0.1) is 5.92 Å². The summed E-state index contributed by atoms with van der Waals surface area (Å²) < 4.78 is 5.14. The van der Waals surface area contributed by atoms with E-state index in [1.165, 1.54) is 0 Å². The van der Waals surface area contributed by atoms with Gasteiger partial charge in [-0.2, -0.15) is 0 Å². The second-order valence-electron chi connectivity index (χ2n) is 6.24. The van der Waals surface area contributed by atoms with Crippen molar-refractivity contribution in [2.45, 2.75) is 52.1 Å². The van der Waals surface area contributed by atoms with Crippen LogP contribution < -0.4 is 0 Å². The molecule has 1 heterocycles. The average Bonchev–Trinajstić information content (AvgIpc) is 2.65. The van der Waals surface area contributed by atoms with Crippen molar-refractivity contribution in [3.05, 3.63) is 16.1 Å². The van der Waals surface area contributed by atoms with Gasteiger partial charge in [0.25, 0.3) is 0 Å². The first-order chi connectivity index (χ1) is 8.19. The summed E-state index contributed by atoms with van der Waals surface area (Å²) in [6.45, 7) is 10.8. The zero-order valence-electron chi connectivity index (χ0n) is 12.3. The van der Waals surface area contributed by atoms with Crippen molar-refractivity contribution in [2.75, 3.05) is 13.7 Å². The van der Waals surface area contributed by atoms with Gasteiger partial charge in [0.2, 0.25) is 0 Å². The van der Waals surface area contributed by atoms with Gasteiger partial charge in [0, 0.05) is 24.3 Å². The molecule has 0 aliphatic heterocycles. The Hall–Kier alpha value is -0.450. The van der Waals surface area contributed by atoms with Crippen LogP contribution in [0.3, 0.4) is 0 Å². The molecule has 0 spiro atoms. The lowest BCUT2D eigenvalue weighted by Crippen LogP contribution is -2.42. The van der Waals surface area contributed by atoms with Crippen LogP contribution >= 0.6 is 11.3 Å². The van der Waals surface area contributed by atoms with Crippen molar-refractivity contribution in [1.29, 1.82) is 0 Å². The monoisotopic (exact) mass is 271 g/mol. The number of hydrogen-bond donors (Lipinski definition) is 1. The minimum absolute atomic E-state index is 0.0615. The number of ether oxygens (including phenoxy) is 1. The highest BCUT2D eigenvalue weighted by atomic mass is 32.1. The van der Waals surface area contributed by atoms with Crippen LogP contribution in [0.25, 0.3) is 0 Å². The van der Waals surface area contributed by atoms with Crippen molar-refractivity contribution in [1.82, 2.24) is 4.98 Å². The highest BCUT2D eigenvalue weighted by Gasteiger charge is 2.33. The molecule has 0 amide bonds. The largest absolute Gasteiger partial charge is 0.387 e. The van der Waals surface area contributed by atoms with E-state index in [1.54, 1.807) is 18.4 Å². The number of hydrogen-bond acceptors (Lipinski definition) is 4. The van der Waals surface area contributed by atoms with Gasteiger partial charge in [-0.1, -0.05) is 34.6 Å². The Kier molecular flexibility index (Phi) is 4.92. The van der Waals surface area contributed by atoms with E-state index < -0.39 is 5.60 Å². The first-order valence-electron chi connectivity index (χ1n) is 6.35. The molecule has 0 saturated heterocycles. The molecule has 1 rings (SSSR count). The van der Waals surface area contributed by atoms with Crippen LogP contribution in [-0.2, 0) is 16.6 Å². The Labute approximate surface area is 114 Å². The summed E-state index contributed by atoms with van der Waals surface area (Å²) in [7, 11) is 1.62. The maximum absolute atomic E-state index is 10.6. The lowest BCUT2D eigenvalue weighted by Gasteiger charge is -2.30. The molecule has 0 aliphatic carbocycles. The molecule has 4 heteroatoms. The maximum atomic E-state index is 10.6. The van der Waals surface area contributed by atoms with Crippen LogP contribution in [-0.4, -0.2) is 29.4 Å². The smallest absolute Gasteiger partial charge is 0.0965 e. The molecular formula is C14H25NO2S. The molecule has 1 N–H and O–H groups in total. The third-order valence-corrected chi connectivity index (χ3v) is 4.10. The van der Waals surface area contributed by atoms with Gasteiger partial charge in [-0.15, -0.1) is 11.3 Å². The van der Waals surface area contributed by atoms with Gasteiger partial charge in [-0.05, 0) is 5.92 Å². The summed E-state index contributed by atoms with van der Waals surface area (Å²) in [4.78, 5) is 4.63. The number of rotatable bonds is 5. The Morgan fingerprint density at radius 3 is 2.39 bits per heavy atom. The van der Waals surface area contributed by atoms with E-state index in [9.17, 15) is 5.11 Å². The molecule has 1 atom stereocenters. The number of aromatic nitrogens is 1. The Bertz CT molecular complexity index is 381. The first-order valence-corrected chi connectivity index (χ1v) is 7.23. The number of nitrogens with zero attached hydrogens (tertiary/aromatic N) is 1. The molecule has 0 aromatic carbocycles. The van der Waals surface area contributed by atoms with Crippen molar-refractivity contribution in [3.8, 4) is 0 Å². The van der Waals surface area contributed by atoms with E-state index in [0.717, 1.165) is 10.7 Å². The summed E-state index contributed by atoms with van der Waals surface area (Å²) in [5, 5.41) is 13.7. The van der Waals surface area contributed by atoms with Crippen molar-refractivity contribution < 1.29 is 9.84 Å². The fraction of sp³-hybridized carbons (Fsp3) is 0.786. The van der Waals surface area contributed by atoms with Gasteiger partial charge >= 0.3 is 0 Å². The fourth-order valence-corrected chi connectivity index (χ4v) is 2.81. The van der Waals surface area contributed by atoms with Gasteiger partial charge < -0.3 is 9.84 Å². The summed E-state index contributed by atoms with van der Waals surface area (Å²) in [5.41, 5.74) is 0.319. The van der Waals surface area contributed by atoms with Gasteiger partial charge in [0.05, 0.1) is 22.9 Å². The van der Waals surface area contributed by atoms with Gasteiger partial charge in [-0.25, -0.2) is 4.98 Å². The Morgan fingerprint density at radius 1 is 1.39 bits per heavy atom. The molecule has 0 fully saturated rings. The normalized spacial score (nSPS) is 16.0. The van der Waals surface area contributed by atoms with E-state index >= 15 is 0 Å². The summed E-state index contributed by atoms with van der Waals surface area (Å²) >= 11 is 1.62. The van der Waals surface area contributed by atoms with Gasteiger partial charge in [0.1, 0.15) is 0 Å². The minimum Gasteiger partial charge on any atom is -0.387 e. The predicted molar refractivity (Wildman–Crippen MR) is 76.2 cm³/mol. The van der Waals surface area contributed by atoms with E-state index in [-0.39, 0.29) is 11.3 Å². The van der Waals surface area contributed by atoms with Crippen LogP contribution in [0.1, 0.15) is 45.3 Å². The molecule has 0 saturated carbocycles. The van der Waals surface area contributed by atoms with Crippen molar-refractivity contribution in [2.24, 2.45) is 5.92 Å². The van der Waals surface area contributed by atoms with Gasteiger partial charge in [-0.3, -0.25) is 0 Å². The number of methoxy groups -OCH3 is 1. The zero-order chi connectivity index (χ0) is 14.0. The predicted octanol–water partition coefficient (Wildman–Crippen LogP) is 3.02. The van der Waals surface area contributed by atoms with Gasteiger partial charge in [0.15, 0.2) is 0 Å². The van der Waals surface area contributed by atoms with E-state index in [2.05, 4.69) is 31.1 Å². The van der Waals surface area contributed by atoms with E-state index in [0.29, 0.717) is 13.0 Å². The van der Waals surface area contributed by atoms with Crippen LogP contribution in [0.2, 0.25) is 0 Å². The molecular weight excluding hydrogens is 246 g/mol. The third kappa shape index (κ3) is 3.77. The summed E-state index contributed by atoms with van der Waals surface area (Å²) in [6, 6.07) is 0. The minimum atomic E-state index is -0.832. The highest BCUT2D eigenvalue weighted by Crippen LogP contribution is 2.28. The van der Waals surface area contributed by atoms with Crippen LogP contribution in [0.4, 0.5) is 0 Å². The molecule has 0 radical (unpaired) electrons. The average molecular weight is 271 g/mol. The lowest BCUT2D eigenvalue weighted by molar-refractivity contribution is -0.0637. The molecule has 0 bridgehead atoms. The number of aliphatic hydroxyl groups is 1. The standard InChI is InChI=1S/C14H25NO2S/c1-10(2)14(16,9-17-6)7-12-15-11(8-18-12)13(3,4)5/h8,10,16H,7,9H2,1-6H3. The molecule has 3 nitrogen and oxygen atoms in total. The fourth-order valence-electron chi connectivity index (χ4n) is 1.67. The van der Waals surface area contributed by atoms with Crippen LogP contribution in [0.5, 0.6) is 0 Å². The van der Waals surface area contributed by atoms with Crippen LogP contribution in [0.15, 0.2) is 5.38 Å². The molecule has 18 heavy (non-hydrogen) atoms. The zero-order valence-corrected chi connectivity index (χ0v) is 13.1. The SMILES string of the molecule is COCC(O)(Cc1nc(C(C)(C)C)cs1)C(C)C. The quantitative estimate of drug-likeness (QED) is 0.895. The van der Waals surface area contributed by atoms with Crippen molar-refractivity contribution in [3.63, 3.8) is 0 Å². The third-order valence-electron chi connectivity index (χ3n) is 3.25. The second kappa shape index (κ2) is 5.68. The second-order valence-corrected chi connectivity index (χ2v) is 7.19. The Balaban J connectivity index is 2.86. The lowest BCUT2D eigenvalue weighted by atomic mass is 9.88. The summed E-state index contributed by atoms with van der Waals surface area (Å²) in [6.07, 6.45) is 0.555. The molecule has 1 aromatic heterocycles. The highest BCUT2D eigenvalue weighted by molar-refractivity contribution is 7.09. The molecule has 104 valence electrons. The Morgan fingerprint density at radius 2 is 2.00 bits per heavy atom. The van der Waals surface area contributed by atoms with E-state index in [4.69, 9.17) is 4.74 Å². The maximum Gasteiger partial charge on any atom is 0.0965 e.